The van der Waals surface area contributed by atoms with Crippen LogP contribution < -0.4 is 21.7 Å². The van der Waals surface area contributed by atoms with Crippen LogP contribution in [0.2, 0.25) is 0 Å². The number of allylic oxidation sites excluding steroid dienone is 2. The predicted octanol–water partition coefficient (Wildman–Crippen LogP) is 2.96. The topological polar surface area (TPSA) is 102 Å². The Labute approximate surface area is 171 Å². The molecular formula is C22H30N6O. The highest BCUT2D eigenvalue weighted by atomic mass is 16.5. The predicted molar refractivity (Wildman–Crippen MR) is 117 cm³/mol. The molecule has 3 heterocycles. The van der Waals surface area contributed by atoms with Gasteiger partial charge in [0, 0.05) is 19.7 Å². The van der Waals surface area contributed by atoms with E-state index in [0.29, 0.717) is 23.7 Å². The Bertz CT molecular complexity index is 928. The van der Waals surface area contributed by atoms with Gasteiger partial charge in [0.05, 0.1) is 29.0 Å². The van der Waals surface area contributed by atoms with E-state index in [1.165, 1.54) is 12.8 Å². The van der Waals surface area contributed by atoms with E-state index < -0.39 is 0 Å². The molecule has 0 radical (unpaired) electrons. The summed E-state index contributed by atoms with van der Waals surface area (Å²) in [6.45, 7) is 6.88. The summed E-state index contributed by atoms with van der Waals surface area (Å²) in [5, 5.41) is 3.14. The van der Waals surface area contributed by atoms with Crippen LogP contribution in [0.4, 0.5) is 11.5 Å². The number of aromatic nitrogens is 2. The van der Waals surface area contributed by atoms with Gasteiger partial charge in [0.25, 0.3) is 0 Å². The lowest BCUT2D eigenvalue weighted by molar-refractivity contribution is 0.0278. The molecule has 1 aliphatic heterocycles. The smallest absolute Gasteiger partial charge is 0.132 e. The molecule has 0 bridgehead atoms. The van der Waals surface area contributed by atoms with Gasteiger partial charge in [-0.2, -0.15) is 0 Å². The fraction of sp³-hybridized carbons (Fsp3) is 0.455. The van der Waals surface area contributed by atoms with Gasteiger partial charge in [0.1, 0.15) is 11.6 Å². The number of hydrogen-bond acceptors (Lipinski definition) is 7. The van der Waals surface area contributed by atoms with E-state index in [1.54, 1.807) is 6.20 Å². The third-order valence-electron chi connectivity index (χ3n) is 5.45. The highest BCUT2D eigenvalue weighted by Gasteiger charge is 2.30. The molecule has 2 aromatic rings. The number of fused-ring (bicyclic) bond motifs is 1. The number of nitrogens with zero attached hydrogens (tertiary/aromatic N) is 3. The zero-order valence-electron chi connectivity index (χ0n) is 17.1. The summed E-state index contributed by atoms with van der Waals surface area (Å²) in [6, 6.07) is 5.90. The molecule has 2 fully saturated rings. The van der Waals surface area contributed by atoms with E-state index in [-0.39, 0.29) is 0 Å². The van der Waals surface area contributed by atoms with E-state index in [0.717, 1.165) is 47.9 Å². The molecule has 5 N–H and O–H groups in total. The maximum Gasteiger partial charge on any atom is 0.132 e. The Hall–Kier alpha value is -2.80. The fourth-order valence-electron chi connectivity index (χ4n) is 3.32. The number of ether oxygens (including phenoxy) is 1. The molecule has 4 rings (SSSR count). The van der Waals surface area contributed by atoms with E-state index in [4.69, 9.17) is 16.2 Å². The van der Waals surface area contributed by atoms with Crippen molar-refractivity contribution in [1.82, 2.24) is 9.97 Å². The lowest BCUT2D eigenvalue weighted by atomic mass is 10.0. The first-order valence-corrected chi connectivity index (χ1v) is 10.3. The van der Waals surface area contributed by atoms with Gasteiger partial charge in [-0.1, -0.05) is 13.8 Å². The summed E-state index contributed by atoms with van der Waals surface area (Å²) in [6.07, 6.45) is 8.32. The number of anilines is 2. The highest BCUT2D eigenvalue weighted by molar-refractivity contribution is 5.80. The molecule has 0 amide bonds. The van der Waals surface area contributed by atoms with Crippen molar-refractivity contribution in [1.29, 1.82) is 0 Å². The first kappa shape index (κ1) is 19.5. The monoisotopic (exact) mass is 394 g/mol. The van der Waals surface area contributed by atoms with Crippen LogP contribution in [0.3, 0.4) is 0 Å². The van der Waals surface area contributed by atoms with Crippen LogP contribution in [0.15, 0.2) is 48.1 Å². The van der Waals surface area contributed by atoms with E-state index in [9.17, 15) is 0 Å². The zero-order valence-corrected chi connectivity index (χ0v) is 17.1. The number of nitrogens with two attached hydrogens (primary N) is 2. The minimum Gasteiger partial charge on any atom is -0.404 e. The van der Waals surface area contributed by atoms with Crippen LogP contribution in [0, 0.1) is 11.8 Å². The van der Waals surface area contributed by atoms with Crippen LogP contribution in [0.25, 0.3) is 11.0 Å². The largest absolute Gasteiger partial charge is 0.404 e. The molecule has 0 atom stereocenters. The molecule has 1 saturated heterocycles. The number of rotatable bonds is 8. The molecule has 2 aliphatic rings. The molecule has 7 heteroatoms. The van der Waals surface area contributed by atoms with E-state index in [1.807, 2.05) is 24.4 Å². The lowest BCUT2D eigenvalue weighted by Gasteiger charge is -2.40. The number of nitrogens with one attached hydrogen (secondary N) is 1. The summed E-state index contributed by atoms with van der Waals surface area (Å²) in [4.78, 5) is 11.5. The molecule has 154 valence electrons. The van der Waals surface area contributed by atoms with Crippen LogP contribution in [0.1, 0.15) is 26.7 Å². The van der Waals surface area contributed by atoms with Gasteiger partial charge in [-0.25, -0.2) is 4.98 Å². The Morgan fingerprint density at radius 2 is 2.10 bits per heavy atom. The van der Waals surface area contributed by atoms with Crippen molar-refractivity contribution in [2.24, 2.45) is 23.3 Å². The minimum atomic E-state index is 0.297. The Kier molecular flexibility index (Phi) is 5.58. The SMILES string of the molecule is CC(C)C(=C/N)/C=C(\N)Nc1ccc2ncc(N3CC(OCC4CC4)C3)cc2n1. The van der Waals surface area contributed by atoms with Crippen molar-refractivity contribution in [2.75, 3.05) is 29.9 Å². The minimum absolute atomic E-state index is 0.297. The van der Waals surface area contributed by atoms with Crippen LogP contribution in [-0.4, -0.2) is 35.8 Å². The second-order valence-electron chi connectivity index (χ2n) is 8.28. The maximum atomic E-state index is 6.12. The van der Waals surface area contributed by atoms with Gasteiger partial charge < -0.3 is 26.4 Å². The average molecular weight is 395 g/mol. The number of pyridine rings is 2. The molecule has 1 aliphatic carbocycles. The van der Waals surface area contributed by atoms with Gasteiger partial charge in [0.2, 0.25) is 0 Å². The van der Waals surface area contributed by atoms with Crippen molar-refractivity contribution in [3.63, 3.8) is 0 Å². The van der Waals surface area contributed by atoms with Crippen molar-refractivity contribution in [3.8, 4) is 0 Å². The van der Waals surface area contributed by atoms with Crippen LogP contribution >= 0.6 is 0 Å². The average Bonchev–Trinajstić information content (AvgIpc) is 3.48. The second kappa shape index (κ2) is 8.29. The van der Waals surface area contributed by atoms with Gasteiger partial charge >= 0.3 is 0 Å². The first-order valence-electron chi connectivity index (χ1n) is 10.3. The normalized spacial score (nSPS) is 18.4. The van der Waals surface area contributed by atoms with Crippen molar-refractivity contribution >= 4 is 22.5 Å². The second-order valence-corrected chi connectivity index (χ2v) is 8.28. The Morgan fingerprint density at radius 1 is 1.31 bits per heavy atom. The molecule has 0 unspecified atom stereocenters. The molecule has 7 nitrogen and oxygen atoms in total. The third-order valence-corrected chi connectivity index (χ3v) is 5.45. The fourth-order valence-corrected chi connectivity index (χ4v) is 3.32. The summed E-state index contributed by atoms with van der Waals surface area (Å²) in [5.74, 6) is 2.29. The lowest BCUT2D eigenvalue weighted by Crippen LogP contribution is -2.52. The Morgan fingerprint density at radius 3 is 2.79 bits per heavy atom. The van der Waals surface area contributed by atoms with Crippen molar-refractivity contribution in [3.05, 3.63) is 48.1 Å². The molecule has 2 aromatic heterocycles. The molecule has 29 heavy (non-hydrogen) atoms. The van der Waals surface area contributed by atoms with Crippen molar-refractivity contribution < 1.29 is 4.74 Å². The quantitative estimate of drug-likeness (QED) is 0.592. The molecule has 1 saturated carbocycles. The van der Waals surface area contributed by atoms with E-state index in [2.05, 4.69) is 40.1 Å². The summed E-state index contributed by atoms with van der Waals surface area (Å²) >= 11 is 0. The van der Waals surface area contributed by atoms with E-state index >= 15 is 0 Å². The van der Waals surface area contributed by atoms with Gasteiger partial charge in [-0.05, 0) is 60.7 Å². The zero-order chi connectivity index (χ0) is 20.4. The van der Waals surface area contributed by atoms with Gasteiger partial charge in [0.15, 0.2) is 0 Å². The third kappa shape index (κ3) is 4.79. The van der Waals surface area contributed by atoms with Gasteiger partial charge in [-0.15, -0.1) is 0 Å². The van der Waals surface area contributed by atoms with Crippen LogP contribution in [-0.2, 0) is 4.74 Å². The summed E-state index contributed by atoms with van der Waals surface area (Å²) in [5.41, 5.74) is 15.5. The molecule has 0 spiro atoms. The Balaban J connectivity index is 1.42. The molecular weight excluding hydrogens is 364 g/mol. The molecule has 0 aromatic carbocycles. The highest BCUT2D eigenvalue weighted by Crippen LogP contribution is 2.31. The maximum absolute atomic E-state index is 6.12. The van der Waals surface area contributed by atoms with Crippen LogP contribution in [0.5, 0.6) is 0 Å². The van der Waals surface area contributed by atoms with Crippen molar-refractivity contribution in [2.45, 2.75) is 32.8 Å². The number of hydrogen-bond donors (Lipinski definition) is 3. The summed E-state index contributed by atoms with van der Waals surface area (Å²) in [7, 11) is 0. The summed E-state index contributed by atoms with van der Waals surface area (Å²) < 4.78 is 5.94. The first-order chi connectivity index (χ1) is 14.0. The van der Waals surface area contributed by atoms with Gasteiger partial charge in [-0.3, -0.25) is 4.98 Å². The standard InChI is InChI=1S/C22H30N6O/c1-14(2)16(9-23)7-21(24)27-22-6-5-19-20(26-22)8-17(10-25-19)28-11-18(12-28)29-13-15-3-4-15/h5-10,14-15,18H,3-4,11-13,23-24H2,1-2H3,(H,26,27)/b16-9+,21-7+.